The molecule has 0 radical (unpaired) electrons. The lowest BCUT2D eigenvalue weighted by atomic mass is 9.93. The maximum atomic E-state index is 12.2. The van der Waals surface area contributed by atoms with E-state index < -0.39 is 0 Å². The Bertz CT molecular complexity index is 221. The predicted octanol–water partition coefficient (Wildman–Crippen LogP) is 4.37. The summed E-state index contributed by atoms with van der Waals surface area (Å²) < 4.78 is 6.02. The molecule has 0 bridgehead atoms. The Morgan fingerprint density at radius 3 is 2.06 bits per heavy atom. The van der Waals surface area contributed by atoms with Gasteiger partial charge in [-0.2, -0.15) is 0 Å². The van der Waals surface area contributed by atoms with Gasteiger partial charge in [-0.15, -0.1) is 0 Å². The Hall–Kier alpha value is -0.370. The quantitative estimate of drug-likeness (QED) is 0.600. The second kappa shape index (κ2) is 7.86. The van der Waals surface area contributed by atoms with Crippen LogP contribution in [0.25, 0.3) is 0 Å². The number of Topliss-reactive ketones (excluding diaryl/α,β-unsaturated/α-hetero) is 1. The maximum absolute atomic E-state index is 12.2. The summed E-state index contributed by atoms with van der Waals surface area (Å²) in [6.45, 7) is 12.5. The summed E-state index contributed by atoms with van der Waals surface area (Å²) in [4.78, 5) is 12.2. The van der Waals surface area contributed by atoms with Gasteiger partial charge in [-0.25, -0.2) is 0 Å². The normalized spacial score (nSPS) is 16.9. The van der Waals surface area contributed by atoms with Crippen molar-refractivity contribution >= 4 is 5.78 Å². The van der Waals surface area contributed by atoms with Gasteiger partial charge >= 0.3 is 0 Å². The lowest BCUT2D eigenvalue weighted by molar-refractivity contribution is -0.147. The maximum Gasteiger partial charge on any atom is 0.164 e. The molecule has 0 fully saturated rings. The van der Waals surface area contributed by atoms with Crippen molar-refractivity contribution in [2.45, 2.75) is 85.4 Å². The fourth-order valence-electron chi connectivity index (χ4n) is 2.36. The zero-order valence-corrected chi connectivity index (χ0v) is 12.5. The van der Waals surface area contributed by atoms with Crippen molar-refractivity contribution in [2.75, 3.05) is 0 Å². The first-order chi connectivity index (χ1) is 7.94. The van der Waals surface area contributed by atoms with Gasteiger partial charge in [0.2, 0.25) is 0 Å². The van der Waals surface area contributed by atoms with E-state index in [1.807, 2.05) is 6.92 Å². The van der Waals surface area contributed by atoms with Gasteiger partial charge in [-0.05, 0) is 39.5 Å². The Kier molecular flexibility index (Phi) is 7.69. The molecule has 0 aromatic heterocycles. The number of carbonyl (C=O) groups is 1. The molecule has 0 spiro atoms. The molecule has 0 saturated heterocycles. The van der Waals surface area contributed by atoms with E-state index in [1.165, 1.54) is 0 Å². The Balaban J connectivity index is 4.50. The summed E-state index contributed by atoms with van der Waals surface area (Å²) in [6, 6.07) is 0. The van der Waals surface area contributed by atoms with Gasteiger partial charge in [-0.3, -0.25) is 4.79 Å². The molecule has 0 aliphatic heterocycles. The zero-order chi connectivity index (χ0) is 13.5. The van der Waals surface area contributed by atoms with Crippen LogP contribution < -0.4 is 0 Å². The van der Waals surface area contributed by atoms with Crippen LogP contribution in [-0.2, 0) is 9.53 Å². The van der Waals surface area contributed by atoms with Crippen LogP contribution in [-0.4, -0.2) is 17.5 Å². The molecule has 0 aliphatic rings. The van der Waals surface area contributed by atoms with Crippen LogP contribution >= 0.6 is 0 Å². The fourth-order valence-corrected chi connectivity index (χ4v) is 2.36. The molecular weight excluding hydrogens is 212 g/mol. The molecule has 0 aromatic carbocycles. The Morgan fingerprint density at radius 1 is 1.18 bits per heavy atom. The zero-order valence-electron chi connectivity index (χ0n) is 12.5. The summed E-state index contributed by atoms with van der Waals surface area (Å²) >= 11 is 0. The molecule has 0 saturated carbocycles. The van der Waals surface area contributed by atoms with E-state index in [2.05, 4.69) is 34.6 Å². The molecule has 17 heavy (non-hydrogen) atoms. The van der Waals surface area contributed by atoms with Crippen molar-refractivity contribution in [1.82, 2.24) is 0 Å². The van der Waals surface area contributed by atoms with E-state index in [4.69, 9.17) is 4.74 Å². The number of hydrogen-bond donors (Lipinski definition) is 0. The molecule has 0 aromatic rings. The van der Waals surface area contributed by atoms with Gasteiger partial charge in [0.15, 0.2) is 5.78 Å². The highest BCUT2D eigenvalue weighted by Gasteiger charge is 2.29. The monoisotopic (exact) mass is 242 g/mol. The first kappa shape index (κ1) is 16.6. The van der Waals surface area contributed by atoms with E-state index in [9.17, 15) is 4.79 Å². The van der Waals surface area contributed by atoms with Crippen molar-refractivity contribution in [3.05, 3.63) is 0 Å². The average Bonchev–Trinajstić information content (AvgIpc) is 2.30. The summed E-state index contributed by atoms with van der Waals surface area (Å²) in [5.41, 5.74) is -0.143. The summed E-state index contributed by atoms with van der Waals surface area (Å²) in [5, 5.41) is 0. The predicted molar refractivity (Wildman–Crippen MR) is 73.2 cm³/mol. The minimum absolute atomic E-state index is 0.143. The van der Waals surface area contributed by atoms with Crippen molar-refractivity contribution in [3.8, 4) is 0 Å². The number of carbonyl (C=O) groups excluding carboxylic acids is 1. The third-order valence-electron chi connectivity index (χ3n) is 3.78. The highest BCUT2D eigenvalue weighted by Crippen LogP contribution is 2.25. The molecule has 102 valence electrons. The molecular formula is C15H30O2. The topological polar surface area (TPSA) is 26.3 Å². The summed E-state index contributed by atoms with van der Waals surface area (Å²) in [6.07, 6.45) is 4.64. The van der Waals surface area contributed by atoms with E-state index in [0.29, 0.717) is 0 Å². The summed E-state index contributed by atoms with van der Waals surface area (Å²) in [7, 11) is 0. The van der Waals surface area contributed by atoms with Gasteiger partial charge in [0, 0.05) is 5.92 Å². The third kappa shape index (κ3) is 5.20. The number of ether oxygens (including phenoxy) is 1. The molecule has 0 amide bonds. The van der Waals surface area contributed by atoms with Crippen LogP contribution in [0.1, 0.15) is 73.6 Å². The molecule has 2 nitrogen and oxygen atoms in total. The molecule has 2 unspecified atom stereocenters. The van der Waals surface area contributed by atoms with Gasteiger partial charge < -0.3 is 4.74 Å². The highest BCUT2D eigenvalue weighted by molar-refractivity contribution is 5.85. The van der Waals surface area contributed by atoms with Gasteiger partial charge in [0.1, 0.15) is 6.10 Å². The molecule has 2 heteroatoms. The lowest BCUT2D eigenvalue weighted by Crippen LogP contribution is -2.37. The standard InChI is InChI=1S/C15H30O2/c1-7-11-15(6,10-4)17-12(5)14(16)13(8-2)9-3/h12-13H,7-11H2,1-6H3. The first-order valence-corrected chi connectivity index (χ1v) is 7.15. The van der Waals surface area contributed by atoms with Crippen molar-refractivity contribution in [2.24, 2.45) is 5.92 Å². The van der Waals surface area contributed by atoms with E-state index in [0.717, 1.165) is 32.1 Å². The fraction of sp³-hybridized carbons (Fsp3) is 0.933. The molecule has 0 N–H and O–H groups in total. The third-order valence-corrected chi connectivity index (χ3v) is 3.78. The highest BCUT2D eigenvalue weighted by atomic mass is 16.5. The van der Waals surface area contributed by atoms with Gasteiger partial charge in [0.25, 0.3) is 0 Å². The largest absolute Gasteiger partial charge is 0.365 e. The van der Waals surface area contributed by atoms with E-state index in [-0.39, 0.29) is 23.4 Å². The second-order valence-corrected chi connectivity index (χ2v) is 5.23. The number of rotatable bonds is 9. The van der Waals surface area contributed by atoms with Crippen LogP contribution in [0.3, 0.4) is 0 Å². The van der Waals surface area contributed by atoms with Crippen LogP contribution in [0.15, 0.2) is 0 Å². The second-order valence-electron chi connectivity index (χ2n) is 5.23. The molecule has 2 atom stereocenters. The van der Waals surface area contributed by atoms with Gasteiger partial charge in [0.05, 0.1) is 5.60 Å². The molecule has 0 heterocycles. The summed E-state index contributed by atoms with van der Waals surface area (Å²) in [5.74, 6) is 0.429. The van der Waals surface area contributed by atoms with E-state index >= 15 is 0 Å². The van der Waals surface area contributed by atoms with Crippen LogP contribution in [0.2, 0.25) is 0 Å². The first-order valence-electron chi connectivity index (χ1n) is 7.15. The van der Waals surface area contributed by atoms with Gasteiger partial charge in [-0.1, -0.05) is 34.1 Å². The smallest absolute Gasteiger partial charge is 0.164 e. The van der Waals surface area contributed by atoms with Crippen LogP contribution in [0.5, 0.6) is 0 Å². The van der Waals surface area contributed by atoms with Crippen LogP contribution in [0, 0.1) is 5.92 Å². The van der Waals surface area contributed by atoms with Crippen molar-refractivity contribution in [3.63, 3.8) is 0 Å². The Morgan fingerprint density at radius 2 is 1.71 bits per heavy atom. The SMILES string of the molecule is CCCC(C)(CC)OC(C)C(=O)C(CC)CC. The minimum Gasteiger partial charge on any atom is -0.365 e. The average molecular weight is 242 g/mol. The minimum atomic E-state index is -0.267. The number of ketones is 1. The van der Waals surface area contributed by atoms with Crippen molar-refractivity contribution in [1.29, 1.82) is 0 Å². The number of hydrogen-bond acceptors (Lipinski definition) is 2. The van der Waals surface area contributed by atoms with Crippen molar-refractivity contribution < 1.29 is 9.53 Å². The lowest BCUT2D eigenvalue weighted by Gasteiger charge is -2.32. The van der Waals surface area contributed by atoms with Crippen LogP contribution in [0.4, 0.5) is 0 Å². The molecule has 0 rings (SSSR count). The molecule has 0 aliphatic carbocycles. The van der Waals surface area contributed by atoms with E-state index in [1.54, 1.807) is 0 Å². The Labute approximate surface area is 107 Å².